The summed E-state index contributed by atoms with van der Waals surface area (Å²) in [5.41, 5.74) is 2.76. The Kier molecular flexibility index (Phi) is 12.8. The fraction of sp³-hybridized carbons (Fsp3) is 0.417. The molecule has 17 heteroatoms. The van der Waals surface area contributed by atoms with Crippen LogP contribution in [0.3, 0.4) is 0 Å². The molecule has 0 bridgehead atoms. The maximum absolute atomic E-state index is 10.7. The third-order valence-corrected chi connectivity index (χ3v) is 1.74. The van der Waals surface area contributed by atoms with Gasteiger partial charge in [-0.15, -0.1) is 0 Å². The van der Waals surface area contributed by atoms with Crippen LogP contribution in [0.4, 0.5) is 50.4 Å². The first-order chi connectivity index (χ1) is 12.0. The summed E-state index contributed by atoms with van der Waals surface area (Å²) < 4.78 is 118. The van der Waals surface area contributed by atoms with E-state index in [2.05, 4.69) is 54.7 Å². The molecule has 0 aliphatic carbocycles. The van der Waals surface area contributed by atoms with Crippen molar-refractivity contribution in [1.82, 2.24) is 0 Å². The zero-order valence-electron chi connectivity index (χ0n) is 15.0. The molecule has 0 saturated heterocycles. The van der Waals surface area contributed by atoms with Gasteiger partial charge in [-0.1, -0.05) is 43.7 Å². The normalized spacial score (nSPS) is 15.2. The minimum atomic E-state index is -10.7. The van der Waals surface area contributed by atoms with Crippen LogP contribution in [-0.4, -0.2) is 0 Å². The zero-order valence-corrected chi connectivity index (χ0v) is 19.3. The van der Waals surface area contributed by atoms with E-state index < -0.39 is 15.6 Å². The Bertz CT molecular complexity index is 581. The van der Waals surface area contributed by atoms with Crippen LogP contribution in [0, 0.1) is 18.3 Å². The molecule has 0 radical (unpaired) electrons. The maximum atomic E-state index is 9.87. The molecule has 0 saturated carbocycles. The van der Waals surface area contributed by atoms with Gasteiger partial charge in [0, 0.05) is 6.92 Å². The number of benzene rings is 1. The van der Waals surface area contributed by atoms with Crippen molar-refractivity contribution in [2.75, 3.05) is 0 Å². The van der Waals surface area contributed by atoms with Gasteiger partial charge in [0.25, 0.3) is 0 Å². The third kappa shape index (κ3) is 97.7. The van der Waals surface area contributed by atoms with Crippen molar-refractivity contribution in [2.24, 2.45) is 0 Å². The summed E-state index contributed by atoms with van der Waals surface area (Å²) >= 11 is 1.82. The Morgan fingerprint density at radius 1 is 0.759 bits per heavy atom. The van der Waals surface area contributed by atoms with Crippen molar-refractivity contribution >= 4 is 25.3 Å². The van der Waals surface area contributed by atoms with Crippen LogP contribution >= 0.6 is 25.3 Å². The predicted molar refractivity (Wildman–Crippen MR) is 89.5 cm³/mol. The van der Waals surface area contributed by atoms with Crippen molar-refractivity contribution in [3.05, 3.63) is 35.4 Å². The third-order valence-electron chi connectivity index (χ3n) is 1.74. The van der Waals surface area contributed by atoms with Gasteiger partial charge in [-0.05, 0) is 18.4 Å². The second kappa shape index (κ2) is 10.3. The fourth-order valence-electron chi connectivity index (χ4n) is 0.951. The van der Waals surface area contributed by atoms with E-state index in [-0.39, 0.29) is 0 Å². The molecule has 0 aromatic heterocycles. The molecule has 0 aliphatic heterocycles. The molecule has 0 heterocycles. The summed E-state index contributed by atoms with van der Waals surface area (Å²) in [5, 5.41) is 7.32. The molecule has 29 heavy (non-hydrogen) atoms. The molecule has 1 rings (SSSR count). The average Bonchev–Trinajstić information content (AvgIpc) is 2.35. The Morgan fingerprint density at radius 3 is 1.07 bits per heavy atom. The molecule has 0 spiro atoms. The molecule has 0 unspecified atom stereocenters. The predicted octanol–water partition coefficient (Wildman–Crippen LogP) is 11.1. The summed E-state index contributed by atoms with van der Waals surface area (Å²) in [6.45, 7) is 7.97. The quantitative estimate of drug-likeness (QED) is 0.178. The summed E-state index contributed by atoms with van der Waals surface area (Å²) in [6, 6.07) is 10.5. The van der Waals surface area contributed by atoms with Crippen LogP contribution < -0.4 is 0 Å². The Balaban J connectivity index is -0.000000148. The number of halogens is 13. The van der Waals surface area contributed by atoms with Crippen LogP contribution in [0.1, 0.15) is 37.8 Å². The van der Waals surface area contributed by atoms with Crippen LogP contribution in [0.25, 0.3) is 0 Å². The topological polar surface area (TPSA) is 23.8 Å². The average molecular weight is 602 g/mol. The van der Waals surface area contributed by atoms with Gasteiger partial charge in [0.05, 0.1) is 6.07 Å². The molecular weight excluding hydrogens is 585 g/mol. The number of nitrogens with zero attached hydrogens (tertiary/aromatic N) is 1. The van der Waals surface area contributed by atoms with Crippen molar-refractivity contribution in [1.29, 1.82) is 5.26 Å². The van der Waals surface area contributed by atoms with E-state index >= 15 is 0 Å². The molecule has 0 fully saturated rings. The van der Waals surface area contributed by atoms with E-state index in [9.17, 15) is 50.4 Å². The number of nitriles is 1. The first-order valence-corrected chi connectivity index (χ1v) is 12.9. The SMILES string of the molecule is CC#N.Cc1ccc(C(C)C)cc1.F[P-](F)(F)(F)(F)F.F[P-](F)(F)(F)(F)F.[Cl][Ru+2]. The Morgan fingerprint density at radius 2 is 0.931 bits per heavy atom. The van der Waals surface area contributed by atoms with Crippen molar-refractivity contribution in [3.63, 3.8) is 0 Å². The van der Waals surface area contributed by atoms with E-state index in [0.717, 1.165) is 0 Å². The van der Waals surface area contributed by atoms with Gasteiger partial charge in [0.15, 0.2) is 0 Å². The van der Waals surface area contributed by atoms with Crippen molar-refractivity contribution in [2.45, 2.75) is 33.6 Å². The molecule has 0 amide bonds. The van der Waals surface area contributed by atoms with Gasteiger partial charge in [-0.25, -0.2) is 0 Å². The first kappa shape index (κ1) is 36.0. The molecule has 0 atom stereocenters. The standard InChI is InChI=1S/C10H14.C2H3N.ClH.2F6P.Ru/c1-8(2)10-6-4-9(3)5-7-10;1-2-3;;2*1-7(2,3,4,5)6;/h4-8H,1-3H3;1H3;1H;;;/q;;;2*-1;+3/p-1. The van der Waals surface area contributed by atoms with Gasteiger partial charge in [-0.3, -0.25) is 0 Å². The van der Waals surface area contributed by atoms with E-state index in [1.54, 1.807) is 6.07 Å². The molecular formula is C12H17ClF12NP2Ru. The Labute approximate surface area is 173 Å². The zero-order chi connectivity index (χ0) is 25.1. The second-order valence-corrected chi connectivity index (χ2v) is 9.04. The van der Waals surface area contributed by atoms with Gasteiger partial charge >= 0.3 is 93.0 Å². The molecule has 1 aromatic carbocycles. The minimum absolute atomic E-state index is 0.653. The number of hydrogen-bond donors (Lipinski definition) is 0. The van der Waals surface area contributed by atoms with E-state index in [1.165, 1.54) is 18.1 Å². The van der Waals surface area contributed by atoms with Crippen LogP contribution in [0.5, 0.6) is 0 Å². The molecule has 179 valence electrons. The number of hydrogen-bond acceptors (Lipinski definition) is 1. The van der Waals surface area contributed by atoms with Gasteiger partial charge in [-0.2, -0.15) is 5.26 Å². The molecule has 0 aliphatic rings. The van der Waals surface area contributed by atoms with Crippen LogP contribution in [0.2, 0.25) is 0 Å². The van der Waals surface area contributed by atoms with E-state index in [1.807, 2.05) is 17.3 Å². The van der Waals surface area contributed by atoms with Crippen LogP contribution in [0.15, 0.2) is 24.3 Å². The second-order valence-electron chi connectivity index (χ2n) is 5.21. The van der Waals surface area contributed by atoms with Crippen LogP contribution in [-0.2, 0) is 17.3 Å². The molecule has 0 N–H and O–H groups in total. The summed E-state index contributed by atoms with van der Waals surface area (Å²) in [6.07, 6.45) is 0. The fourth-order valence-corrected chi connectivity index (χ4v) is 0.951. The number of rotatable bonds is 1. The summed E-state index contributed by atoms with van der Waals surface area (Å²) in [7, 11) is -16.7. The van der Waals surface area contributed by atoms with Crippen molar-refractivity contribution < 1.29 is 67.7 Å². The van der Waals surface area contributed by atoms with Crippen molar-refractivity contribution in [3.8, 4) is 6.07 Å². The van der Waals surface area contributed by atoms with Gasteiger partial charge < -0.3 is 0 Å². The molecule has 1 nitrogen and oxygen atoms in total. The van der Waals surface area contributed by atoms with E-state index in [0.29, 0.717) is 5.92 Å². The monoisotopic (exact) mass is 602 g/mol. The van der Waals surface area contributed by atoms with Gasteiger partial charge in [0.1, 0.15) is 0 Å². The molecule has 1 aromatic rings. The first-order valence-electron chi connectivity index (χ1n) is 6.65. The number of aryl methyl sites for hydroxylation is 1. The summed E-state index contributed by atoms with van der Waals surface area (Å²) in [5.74, 6) is 0.653. The Hall–Kier alpha value is -0.357. The van der Waals surface area contributed by atoms with E-state index in [4.69, 9.17) is 5.26 Å². The summed E-state index contributed by atoms with van der Waals surface area (Å²) in [4.78, 5) is 0. The van der Waals surface area contributed by atoms with Gasteiger partial charge in [0.2, 0.25) is 0 Å².